The number of pyridine rings is 1. The van der Waals surface area contributed by atoms with Crippen molar-refractivity contribution in [2.24, 2.45) is 0 Å². The maximum Gasteiger partial charge on any atom is 0.229 e. The molecule has 10 heteroatoms. The summed E-state index contributed by atoms with van der Waals surface area (Å²) in [6.45, 7) is 9.63. The molecule has 5 rings (SSSR count). The SMILES string of the molecule is CC(C)c1cc(Nc2ncc(F)c(Nc3ccc4c(n3)NCCO4)n2)cc(N2CCN(C)CC2)c1. The number of ether oxygens (including phenoxy) is 1. The molecule has 2 aliphatic rings. The molecule has 1 saturated heterocycles. The highest BCUT2D eigenvalue weighted by atomic mass is 19.1. The van der Waals surface area contributed by atoms with Crippen molar-refractivity contribution in [2.45, 2.75) is 19.8 Å². The van der Waals surface area contributed by atoms with Crippen LogP contribution in [0.4, 0.5) is 39.2 Å². The van der Waals surface area contributed by atoms with E-state index in [4.69, 9.17) is 4.74 Å². The first-order chi connectivity index (χ1) is 16.9. The number of likely N-dealkylation sites (N-methyl/N-ethyl adjacent to an activating group) is 1. The first-order valence-corrected chi connectivity index (χ1v) is 12.0. The summed E-state index contributed by atoms with van der Waals surface area (Å²) >= 11 is 0. The number of anilines is 6. The van der Waals surface area contributed by atoms with Crippen LogP contribution in [-0.2, 0) is 0 Å². The van der Waals surface area contributed by atoms with Crippen LogP contribution in [0.5, 0.6) is 5.75 Å². The summed E-state index contributed by atoms with van der Waals surface area (Å²) < 4.78 is 20.1. The molecule has 0 saturated carbocycles. The molecule has 184 valence electrons. The molecule has 1 aromatic carbocycles. The summed E-state index contributed by atoms with van der Waals surface area (Å²) in [6, 6.07) is 9.98. The highest BCUT2D eigenvalue weighted by molar-refractivity contribution is 5.66. The lowest BCUT2D eigenvalue weighted by Gasteiger charge is -2.34. The predicted molar refractivity (Wildman–Crippen MR) is 137 cm³/mol. The van der Waals surface area contributed by atoms with Gasteiger partial charge in [-0.05, 0) is 48.9 Å². The number of hydrogen-bond acceptors (Lipinski definition) is 9. The molecule has 3 N–H and O–H groups in total. The van der Waals surface area contributed by atoms with Crippen molar-refractivity contribution in [3.05, 3.63) is 47.9 Å². The van der Waals surface area contributed by atoms with Crippen molar-refractivity contribution in [1.82, 2.24) is 19.9 Å². The van der Waals surface area contributed by atoms with Gasteiger partial charge in [-0.15, -0.1) is 0 Å². The molecule has 0 radical (unpaired) electrons. The van der Waals surface area contributed by atoms with Crippen LogP contribution in [-0.4, -0.2) is 66.2 Å². The number of halogens is 1. The van der Waals surface area contributed by atoms with E-state index in [9.17, 15) is 4.39 Å². The quantitative estimate of drug-likeness (QED) is 0.483. The molecular formula is C25H31FN8O. The highest BCUT2D eigenvalue weighted by Gasteiger charge is 2.17. The summed E-state index contributed by atoms with van der Waals surface area (Å²) in [4.78, 5) is 17.7. The molecule has 0 spiro atoms. The molecule has 0 bridgehead atoms. The van der Waals surface area contributed by atoms with Gasteiger partial charge >= 0.3 is 0 Å². The van der Waals surface area contributed by atoms with Gasteiger partial charge in [0.2, 0.25) is 5.95 Å². The first-order valence-electron chi connectivity index (χ1n) is 12.0. The van der Waals surface area contributed by atoms with Gasteiger partial charge in [0, 0.05) is 37.6 Å². The van der Waals surface area contributed by atoms with Crippen LogP contribution < -0.4 is 25.6 Å². The summed E-state index contributed by atoms with van der Waals surface area (Å²) in [6.07, 6.45) is 1.16. The topological polar surface area (TPSA) is 90.5 Å². The van der Waals surface area contributed by atoms with Gasteiger partial charge in [0.05, 0.1) is 12.7 Å². The Morgan fingerprint density at radius 2 is 1.89 bits per heavy atom. The standard InChI is InChI=1S/C25H31FN8O/c1-16(2)17-12-18(14-19(13-17)34-9-7-33(3)8-10-34)29-25-28-15-20(26)23(32-25)30-22-5-4-21-24(31-22)27-6-11-35-21/h4-5,12-16H,6-11H2,1-3H3,(H3,27,28,29,30,31,32). The van der Waals surface area contributed by atoms with Crippen LogP contribution in [0.2, 0.25) is 0 Å². The molecule has 35 heavy (non-hydrogen) atoms. The number of aromatic nitrogens is 3. The lowest BCUT2D eigenvalue weighted by Crippen LogP contribution is -2.44. The smallest absolute Gasteiger partial charge is 0.229 e. The van der Waals surface area contributed by atoms with Crippen LogP contribution in [0.3, 0.4) is 0 Å². The van der Waals surface area contributed by atoms with E-state index >= 15 is 0 Å². The van der Waals surface area contributed by atoms with E-state index in [1.165, 1.54) is 11.3 Å². The first kappa shape index (κ1) is 23.1. The van der Waals surface area contributed by atoms with Gasteiger partial charge in [0.25, 0.3) is 0 Å². The molecule has 3 aromatic rings. The Bertz CT molecular complexity index is 1200. The fraction of sp³-hybridized carbons (Fsp3) is 0.400. The van der Waals surface area contributed by atoms with Crippen molar-refractivity contribution in [3.8, 4) is 5.75 Å². The van der Waals surface area contributed by atoms with Crippen molar-refractivity contribution in [3.63, 3.8) is 0 Å². The van der Waals surface area contributed by atoms with Crippen molar-refractivity contribution >= 4 is 34.8 Å². The maximum atomic E-state index is 14.5. The average molecular weight is 479 g/mol. The molecule has 0 aliphatic carbocycles. The second-order valence-corrected chi connectivity index (χ2v) is 9.22. The fourth-order valence-electron chi connectivity index (χ4n) is 4.14. The zero-order valence-electron chi connectivity index (χ0n) is 20.3. The fourth-order valence-corrected chi connectivity index (χ4v) is 4.14. The Balaban J connectivity index is 1.38. The third-order valence-electron chi connectivity index (χ3n) is 6.23. The van der Waals surface area contributed by atoms with E-state index in [-0.39, 0.29) is 5.82 Å². The van der Waals surface area contributed by atoms with E-state index in [2.05, 4.69) is 79.8 Å². The Morgan fingerprint density at radius 1 is 1.06 bits per heavy atom. The molecule has 0 amide bonds. The Kier molecular flexibility index (Phi) is 6.54. The molecule has 0 unspecified atom stereocenters. The van der Waals surface area contributed by atoms with Crippen LogP contribution in [0.25, 0.3) is 0 Å². The number of nitrogens with zero attached hydrogens (tertiary/aromatic N) is 5. The number of fused-ring (bicyclic) bond motifs is 1. The van der Waals surface area contributed by atoms with Gasteiger partial charge in [-0.3, -0.25) is 0 Å². The minimum Gasteiger partial charge on any atom is -0.488 e. The molecule has 1 fully saturated rings. The second kappa shape index (κ2) is 9.91. The second-order valence-electron chi connectivity index (χ2n) is 9.22. The number of hydrogen-bond donors (Lipinski definition) is 3. The van der Waals surface area contributed by atoms with E-state index in [1.807, 2.05) is 0 Å². The van der Waals surface area contributed by atoms with Gasteiger partial charge in [-0.2, -0.15) is 4.98 Å². The van der Waals surface area contributed by atoms with Gasteiger partial charge in [-0.1, -0.05) is 13.8 Å². The van der Waals surface area contributed by atoms with Crippen LogP contribution >= 0.6 is 0 Å². The van der Waals surface area contributed by atoms with Crippen LogP contribution in [0.15, 0.2) is 36.5 Å². The highest BCUT2D eigenvalue weighted by Crippen LogP contribution is 2.30. The number of nitrogens with one attached hydrogen (secondary N) is 3. The molecular weight excluding hydrogens is 447 g/mol. The van der Waals surface area contributed by atoms with Crippen LogP contribution in [0.1, 0.15) is 25.3 Å². The summed E-state index contributed by atoms with van der Waals surface area (Å²) in [5.41, 5.74) is 3.26. The third kappa shape index (κ3) is 5.37. The van der Waals surface area contributed by atoms with Gasteiger partial charge in [-0.25, -0.2) is 14.4 Å². The maximum absolute atomic E-state index is 14.5. The largest absolute Gasteiger partial charge is 0.488 e. The van der Waals surface area contributed by atoms with Crippen molar-refractivity contribution in [2.75, 3.05) is 67.2 Å². The molecule has 4 heterocycles. The van der Waals surface area contributed by atoms with E-state index in [0.29, 0.717) is 42.4 Å². The third-order valence-corrected chi connectivity index (χ3v) is 6.23. The zero-order chi connectivity index (χ0) is 24.4. The minimum atomic E-state index is -0.562. The Labute approximate surface area is 204 Å². The zero-order valence-corrected chi connectivity index (χ0v) is 20.3. The summed E-state index contributed by atoms with van der Waals surface area (Å²) in [5.74, 6) is 1.91. The molecule has 0 atom stereocenters. The normalized spacial score (nSPS) is 15.9. The number of benzene rings is 1. The van der Waals surface area contributed by atoms with Crippen LogP contribution in [0, 0.1) is 5.82 Å². The Hall–Kier alpha value is -3.66. The summed E-state index contributed by atoms with van der Waals surface area (Å²) in [7, 11) is 2.15. The van der Waals surface area contributed by atoms with Crippen molar-refractivity contribution in [1.29, 1.82) is 0 Å². The van der Waals surface area contributed by atoms with E-state index in [0.717, 1.165) is 38.1 Å². The van der Waals surface area contributed by atoms with Gasteiger partial charge in [0.15, 0.2) is 23.2 Å². The molecule has 2 aromatic heterocycles. The monoisotopic (exact) mass is 478 g/mol. The van der Waals surface area contributed by atoms with Crippen molar-refractivity contribution < 1.29 is 9.13 Å². The number of rotatable bonds is 6. The average Bonchev–Trinajstić information content (AvgIpc) is 2.86. The lowest BCUT2D eigenvalue weighted by molar-refractivity contribution is 0.313. The minimum absolute atomic E-state index is 0.0472. The molecule has 9 nitrogen and oxygen atoms in total. The van der Waals surface area contributed by atoms with E-state index < -0.39 is 5.82 Å². The van der Waals surface area contributed by atoms with Gasteiger partial charge < -0.3 is 30.5 Å². The summed E-state index contributed by atoms with van der Waals surface area (Å²) in [5, 5.41) is 9.41. The molecule has 2 aliphatic heterocycles. The number of piperazine rings is 1. The van der Waals surface area contributed by atoms with Gasteiger partial charge in [0.1, 0.15) is 12.4 Å². The predicted octanol–water partition coefficient (Wildman–Crippen LogP) is 4.18. The Morgan fingerprint density at radius 3 is 2.69 bits per heavy atom. The van der Waals surface area contributed by atoms with E-state index in [1.54, 1.807) is 12.1 Å². The lowest BCUT2D eigenvalue weighted by atomic mass is 10.0.